The van der Waals surface area contributed by atoms with E-state index in [1.54, 1.807) is 6.20 Å². The van der Waals surface area contributed by atoms with Gasteiger partial charge in [-0.2, -0.15) is 0 Å². The molecule has 0 fully saturated rings. The maximum absolute atomic E-state index is 5.73. The highest BCUT2D eigenvalue weighted by Gasteiger charge is 2.01. The minimum atomic E-state index is 0. The first-order chi connectivity index (χ1) is 5.11. The molecule has 0 saturated heterocycles. The standard InChI is InChI=1S/C8H11ClN2.ClH/c1-5-3-7(6(2)10)4-11-8(5)9;/h3-4,6H,10H2,1-2H3;1H/t6-;/m1./s1. The zero-order valence-electron chi connectivity index (χ0n) is 7.04. The lowest BCUT2D eigenvalue weighted by Crippen LogP contribution is -2.05. The number of hydrogen-bond acceptors (Lipinski definition) is 2. The third-order valence-electron chi connectivity index (χ3n) is 1.56. The molecule has 0 aromatic carbocycles. The van der Waals surface area contributed by atoms with Gasteiger partial charge >= 0.3 is 0 Å². The van der Waals surface area contributed by atoms with Gasteiger partial charge in [-0.05, 0) is 31.0 Å². The van der Waals surface area contributed by atoms with Crippen molar-refractivity contribution in [1.29, 1.82) is 0 Å². The molecule has 0 amide bonds. The molecule has 1 aromatic rings. The van der Waals surface area contributed by atoms with Crippen LogP contribution in [0.3, 0.4) is 0 Å². The van der Waals surface area contributed by atoms with E-state index in [0.717, 1.165) is 11.1 Å². The molecule has 1 atom stereocenters. The summed E-state index contributed by atoms with van der Waals surface area (Å²) in [4.78, 5) is 3.99. The Labute approximate surface area is 83.5 Å². The number of aromatic nitrogens is 1. The molecule has 2 nitrogen and oxygen atoms in total. The number of halogens is 2. The summed E-state index contributed by atoms with van der Waals surface area (Å²) in [6.07, 6.45) is 1.71. The molecule has 0 bridgehead atoms. The van der Waals surface area contributed by atoms with Gasteiger partial charge in [0.25, 0.3) is 0 Å². The average Bonchev–Trinajstić information content (AvgIpc) is 1.94. The smallest absolute Gasteiger partial charge is 0.131 e. The Morgan fingerprint density at radius 3 is 2.58 bits per heavy atom. The second-order valence-corrected chi connectivity index (χ2v) is 3.02. The highest BCUT2D eigenvalue weighted by Crippen LogP contribution is 2.15. The fraction of sp³-hybridized carbons (Fsp3) is 0.375. The molecule has 4 heteroatoms. The molecule has 1 heterocycles. The van der Waals surface area contributed by atoms with Crippen molar-refractivity contribution in [3.63, 3.8) is 0 Å². The Morgan fingerprint density at radius 1 is 1.58 bits per heavy atom. The molecule has 0 unspecified atom stereocenters. The minimum absolute atomic E-state index is 0. The normalized spacial score (nSPS) is 12.0. The van der Waals surface area contributed by atoms with E-state index in [0.29, 0.717) is 5.15 Å². The van der Waals surface area contributed by atoms with Gasteiger partial charge in [0.15, 0.2) is 0 Å². The van der Waals surface area contributed by atoms with Crippen molar-refractivity contribution in [2.24, 2.45) is 5.73 Å². The molecule has 68 valence electrons. The van der Waals surface area contributed by atoms with Crippen molar-refractivity contribution in [2.75, 3.05) is 0 Å². The second-order valence-electron chi connectivity index (χ2n) is 2.67. The lowest BCUT2D eigenvalue weighted by Gasteiger charge is -2.05. The van der Waals surface area contributed by atoms with Crippen LogP contribution >= 0.6 is 24.0 Å². The van der Waals surface area contributed by atoms with Crippen molar-refractivity contribution in [2.45, 2.75) is 19.9 Å². The van der Waals surface area contributed by atoms with Crippen LogP contribution in [0.5, 0.6) is 0 Å². The number of pyridine rings is 1. The van der Waals surface area contributed by atoms with Gasteiger partial charge in [-0.25, -0.2) is 4.98 Å². The predicted octanol–water partition coefficient (Wildman–Crippen LogP) is 2.48. The predicted molar refractivity (Wildman–Crippen MR) is 53.8 cm³/mol. The summed E-state index contributed by atoms with van der Waals surface area (Å²) in [5.74, 6) is 0. The van der Waals surface area contributed by atoms with E-state index in [-0.39, 0.29) is 18.4 Å². The van der Waals surface area contributed by atoms with E-state index in [1.165, 1.54) is 0 Å². The second kappa shape index (κ2) is 4.65. The van der Waals surface area contributed by atoms with Crippen LogP contribution in [0.4, 0.5) is 0 Å². The van der Waals surface area contributed by atoms with Gasteiger partial charge in [-0.3, -0.25) is 0 Å². The van der Waals surface area contributed by atoms with Crippen LogP contribution in [0.25, 0.3) is 0 Å². The topological polar surface area (TPSA) is 38.9 Å². The average molecular weight is 207 g/mol. The maximum Gasteiger partial charge on any atom is 0.131 e. The summed E-state index contributed by atoms with van der Waals surface area (Å²) in [7, 11) is 0. The largest absolute Gasteiger partial charge is 0.324 e. The summed E-state index contributed by atoms with van der Waals surface area (Å²) in [5.41, 5.74) is 7.64. The number of aryl methyl sites for hydroxylation is 1. The van der Waals surface area contributed by atoms with Gasteiger partial charge in [-0.1, -0.05) is 11.6 Å². The van der Waals surface area contributed by atoms with Crippen LogP contribution in [-0.2, 0) is 0 Å². The molecule has 1 aromatic heterocycles. The van der Waals surface area contributed by atoms with Gasteiger partial charge in [0.1, 0.15) is 5.15 Å². The Kier molecular flexibility index (Phi) is 4.53. The van der Waals surface area contributed by atoms with Gasteiger partial charge < -0.3 is 5.73 Å². The van der Waals surface area contributed by atoms with Crippen LogP contribution in [-0.4, -0.2) is 4.98 Å². The van der Waals surface area contributed by atoms with Gasteiger partial charge in [0.2, 0.25) is 0 Å². The fourth-order valence-corrected chi connectivity index (χ4v) is 0.932. The van der Waals surface area contributed by atoms with Gasteiger partial charge in [0.05, 0.1) is 0 Å². The van der Waals surface area contributed by atoms with Crippen LogP contribution in [0.2, 0.25) is 5.15 Å². The quantitative estimate of drug-likeness (QED) is 0.718. The number of nitrogens with two attached hydrogens (primary N) is 1. The van der Waals surface area contributed by atoms with Crippen molar-refractivity contribution in [3.8, 4) is 0 Å². The molecule has 12 heavy (non-hydrogen) atoms. The third-order valence-corrected chi connectivity index (χ3v) is 1.96. The molecule has 0 saturated carbocycles. The van der Waals surface area contributed by atoms with E-state index in [2.05, 4.69) is 4.98 Å². The first-order valence-corrected chi connectivity index (χ1v) is 3.86. The van der Waals surface area contributed by atoms with E-state index in [1.807, 2.05) is 19.9 Å². The molecule has 0 aliphatic heterocycles. The van der Waals surface area contributed by atoms with Crippen LogP contribution in [0.1, 0.15) is 24.1 Å². The molecule has 0 radical (unpaired) electrons. The van der Waals surface area contributed by atoms with Crippen molar-refractivity contribution >= 4 is 24.0 Å². The van der Waals surface area contributed by atoms with E-state index in [4.69, 9.17) is 17.3 Å². The number of nitrogens with zero attached hydrogens (tertiary/aromatic N) is 1. The molecular formula is C8H12Cl2N2. The van der Waals surface area contributed by atoms with E-state index >= 15 is 0 Å². The Hall–Kier alpha value is -0.310. The van der Waals surface area contributed by atoms with Crippen molar-refractivity contribution in [3.05, 3.63) is 28.5 Å². The van der Waals surface area contributed by atoms with Crippen LogP contribution < -0.4 is 5.73 Å². The summed E-state index contributed by atoms with van der Waals surface area (Å²) >= 11 is 5.73. The number of hydrogen-bond donors (Lipinski definition) is 1. The van der Waals surface area contributed by atoms with Crippen LogP contribution in [0.15, 0.2) is 12.3 Å². The highest BCUT2D eigenvalue weighted by molar-refractivity contribution is 6.30. The molecule has 0 aliphatic rings. The first kappa shape index (κ1) is 11.7. The van der Waals surface area contributed by atoms with Gasteiger partial charge in [-0.15, -0.1) is 12.4 Å². The summed E-state index contributed by atoms with van der Waals surface area (Å²) in [6, 6.07) is 1.98. The Balaban J connectivity index is 0.00000121. The van der Waals surface area contributed by atoms with Gasteiger partial charge in [0, 0.05) is 12.2 Å². The minimum Gasteiger partial charge on any atom is -0.324 e. The molecule has 2 N–H and O–H groups in total. The Morgan fingerprint density at radius 2 is 2.17 bits per heavy atom. The highest BCUT2D eigenvalue weighted by atomic mass is 35.5. The first-order valence-electron chi connectivity index (χ1n) is 3.49. The van der Waals surface area contributed by atoms with Crippen molar-refractivity contribution < 1.29 is 0 Å². The van der Waals surface area contributed by atoms with E-state index < -0.39 is 0 Å². The lowest BCUT2D eigenvalue weighted by molar-refractivity contribution is 0.810. The monoisotopic (exact) mass is 206 g/mol. The molecule has 0 spiro atoms. The van der Waals surface area contributed by atoms with Crippen molar-refractivity contribution in [1.82, 2.24) is 4.98 Å². The van der Waals surface area contributed by atoms with Crippen LogP contribution in [0, 0.1) is 6.92 Å². The molecular weight excluding hydrogens is 195 g/mol. The third kappa shape index (κ3) is 2.63. The zero-order valence-corrected chi connectivity index (χ0v) is 8.62. The van der Waals surface area contributed by atoms with E-state index in [9.17, 15) is 0 Å². The number of rotatable bonds is 1. The fourth-order valence-electron chi connectivity index (χ4n) is 0.829. The molecule has 1 rings (SSSR count). The zero-order chi connectivity index (χ0) is 8.43. The summed E-state index contributed by atoms with van der Waals surface area (Å²) < 4.78 is 0. The summed E-state index contributed by atoms with van der Waals surface area (Å²) in [5, 5.41) is 0.550. The summed E-state index contributed by atoms with van der Waals surface area (Å²) in [6.45, 7) is 3.84. The SMILES string of the molecule is Cc1cc([C@@H](C)N)cnc1Cl.Cl. The molecule has 0 aliphatic carbocycles. The Bertz CT molecular complexity index is 261. The lowest BCUT2D eigenvalue weighted by atomic mass is 10.1. The maximum atomic E-state index is 5.73.